The van der Waals surface area contributed by atoms with Crippen LogP contribution in [-0.2, 0) is 17.6 Å². The highest BCUT2D eigenvalue weighted by Crippen LogP contribution is 2.22. The lowest BCUT2D eigenvalue weighted by Crippen LogP contribution is -1.99. The van der Waals surface area contributed by atoms with Gasteiger partial charge in [-0.1, -0.05) is 129 Å². The van der Waals surface area contributed by atoms with E-state index in [1.165, 1.54) is 120 Å². The van der Waals surface area contributed by atoms with Crippen LogP contribution in [0.3, 0.4) is 0 Å². The second-order valence-corrected chi connectivity index (χ2v) is 10.3. The average Bonchev–Trinajstić information content (AvgIpc) is 2.99. The molecule has 242 valence electrons. The van der Waals surface area contributed by atoms with E-state index in [2.05, 4.69) is 85.2 Å². The summed E-state index contributed by atoms with van der Waals surface area (Å²) in [6.07, 6.45) is 24.3. The van der Waals surface area contributed by atoms with Crippen molar-refractivity contribution in [1.82, 2.24) is 0 Å². The van der Waals surface area contributed by atoms with E-state index >= 15 is 0 Å². The molecule has 0 radical (unpaired) electrons. The van der Waals surface area contributed by atoms with Crippen molar-refractivity contribution >= 4 is 6.29 Å². The average molecular weight is 574 g/mol. The topological polar surface area (TPSA) is 43.1 Å². The van der Waals surface area contributed by atoms with E-state index < -0.39 is 0 Å². The van der Waals surface area contributed by atoms with Crippen LogP contribution >= 0.6 is 0 Å². The van der Waals surface area contributed by atoms with Crippen molar-refractivity contribution in [2.24, 2.45) is 11.7 Å². The number of carbonyl (C=O) groups excluding carboxylic acids is 1. The minimum Gasteiger partial charge on any atom is -0.333 e. The van der Waals surface area contributed by atoms with Gasteiger partial charge in [-0.15, -0.1) is 19.7 Å². The maximum atomic E-state index is 8.81. The molecule has 0 heterocycles. The molecule has 0 spiro atoms. The molecule has 2 nitrogen and oxygen atoms in total. The molecule has 41 heavy (non-hydrogen) atoms. The van der Waals surface area contributed by atoms with Crippen molar-refractivity contribution in [1.29, 1.82) is 0 Å². The van der Waals surface area contributed by atoms with Gasteiger partial charge in [-0.05, 0) is 95.4 Å². The second-order valence-electron chi connectivity index (χ2n) is 10.3. The number of hydrogen-bond donors (Lipinski definition) is 1. The van der Waals surface area contributed by atoms with Crippen molar-refractivity contribution in [3.05, 3.63) is 72.4 Å². The zero-order valence-electron chi connectivity index (χ0n) is 29.8. The Morgan fingerprint density at radius 3 is 1.80 bits per heavy atom. The Hall–Kier alpha value is -1.93. The third-order valence-corrected chi connectivity index (χ3v) is 6.18. The summed E-state index contributed by atoms with van der Waals surface area (Å²) in [5.74, 6) is 1.04. The van der Waals surface area contributed by atoms with Gasteiger partial charge in [0.2, 0.25) is 0 Å². The summed E-state index contributed by atoms with van der Waals surface area (Å²) in [6, 6.07) is 7.00. The lowest BCUT2D eigenvalue weighted by Gasteiger charge is -2.15. The van der Waals surface area contributed by atoms with Crippen LogP contribution < -0.4 is 5.73 Å². The van der Waals surface area contributed by atoms with Crippen molar-refractivity contribution in [2.45, 2.75) is 159 Å². The van der Waals surface area contributed by atoms with E-state index in [1.54, 1.807) is 0 Å². The number of aryl methyl sites for hydroxylation is 3. The zero-order chi connectivity index (χ0) is 32.7. The van der Waals surface area contributed by atoms with Gasteiger partial charge in [-0.25, -0.2) is 0 Å². The first-order valence-electron chi connectivity index (χ1n) is 16.7. The van der Waals surface area contributed by atoms with Gasteiger partial charge in [0, 0.05) is 0 Å². The molecule has 1 aliphatic rings. The molecule has 1 aromatic rings. The summed E-state index contributed by atoms with van der Waals surface area (Å²) in [4.78, 5) is 8.81. The van der Waals surface area contributed by atoms with Gasteiger partial charge in [0.15, 0.2) is 0 Å². The normalized spacial score (nSPS) is 11.1. The molecule has 1 saturated carbocycles. The molecular formula is C39H75NO. The van der Waals surface area contributed by atoms with Gasteiger partial charge in [-0.3, -0.25) is 0 Å². The van der Waals surface area contributed by atoms with Gasteiger partial charge < -0.3 is 10.5 Å². The van der Waals surface area contributed by atoms with Gasteiger partial charge in [0.1, 0.15) is 6.29 Å². The van der Waals surface area contributed by atoms with Gasteiger partial charge >= 0.3 is 0 Å². The highest BCUT2D eigenvalue weighted by Gasteiger charge is 2.06. The summed E-state index contributed by atoms with van der Waals surface area (Å²) < 4.78 is 0. The number of aldehydes is 1. The van der Waals surface area contributed by atoms with E-state index in [-0.39, 0.29) is 0 Å². The van der Waals surface area contributed by atoms with Crippen LogP contribution in [-0.4, -0.2) is 13.3 Å². The molecule has 0 unspecified atom stereocenters. The predicted octanol–water partition coefficient (Wildman–Crippen LogP) is 12.6. The Kier molecular flexibility index (Phi) is 53.6. The van der Waals surface area contributed by atoms with Crippen molar-refractivity contribution in [3.8, 4) is 0 Å². The minimum atomic E-state index is 0.750. The fourth-order valence-electron chi connectivity index (χ4n) is 3.86. The summed E-state index contributed by atoms with van der Waals surface area (Å²) in [5.41, 5.74) is 10.3. The molecule has 2 heteroatoms. The zero-order valence-corrected chi connectivity index (χ0v) is 29.8. The molecule has 0 aliphatic heterocycles. The van der Waals surface area contributed by atoms with Crippen molar-refractivity contribution in [2.75, 3.05) is 7.05 Å². The van der Waals surface area contributed by atoms with Crippen LogP contribution in [0.1, 0.15) is 156 Å². The number of unbranched alkanes of at least 4 members (excludes halogenated alkanes) is 3. The highest BCUT2D eigenvalue weighted by atomic mass is 16.1. The molecule has 0 aromatic heterocycles. The summed E-state index contributed by atoms with van der Waals surface area (Å²) in [7, 11) is 1.50. The Morgan fingerprint density at radius 1 is 0.927 bits per heavy atom. The Balaban J connectivity index is -0.000000154. The molecule has 0 bridgehead atoms. The maximum absolute atomic E-state index is 8.81. The number of hydrogen-bond acceptors (Lipinski definition) is 2. The number of carbonyl (C=O) groups is 1. The van der Waals surface area contributed by atoms with E-state index in [1.807, 2.05) is 26.0 Å². The maximum Gasteiger partial charge on any atom is 0.116 e. The number of allylic oxidation sites excluding steroid dienone is 3. The number of nitrogens with two attached hydrogens (primary N) is 1. The van der Waals surface area contributed by atoms with E-state index in [0.29, 0.717) is 0 Å². The fraction of sp³-hybridized carbons (Fsp3) is 0.667. The van der Waals surface area contributed by atoms with Crippen LogP contribution in [0.5, 0.6) is 0 Å². The summed E-state index contributed by atoms with van der Waals surface area (Å²) >= 11 is 0. The lowest BCUT2D eigenvalue weighted by molar-refractivity contribution is -0.106. The molecule has 0 atom stereocenters. The lowest BCUT2D eigenvalue weighted by atomic mass is 9.91. The third kappa shape index (κ3) is 45.3. The molecule has 0 amide bonds. The van der Waals surface area contributed by atoms with Gasteiger partial charge in [-0.2, -0.15) is 0 Å². The number of benzene rings is 1. The highest BCUT2D eigenvalue weighted by molar-refractivity contribution is 5.44. The molecule has 1 aromatic carbocycles. The Bertz CT molecular complexity index is 656. The van der Waals surface area contributed by atoms with E-state index in [0.717, 1.165) is 25.0 Å². The second kappa shape index (κ2) is 45.1. The Morgan fingerprint density at radius 2 is 1.46 bits per heavy atom. The van der Waals surface area contributed by atoms with Gasteiger partial charge in [0.05, 0.1) is 0 Å². The van der Waals surface area contributed by atoms with Crippen molar-refractivity contribution < 1.29 is 4.79 Å². The van der Waals surface area contributed by atoms with Crippen molar-refractivity contribution in [3.63, 3.8) is 0 Å². The molecule has 2 rings (SSSR count). The third-order valence-electron chi connectivity index (χ3n) is 6.18. The van der Waals surface area contributed by atoms with Crippen LogP contribution in [0.15, 0.2) is 55.7 Å². The molecule has 0 saturated heterocycles. The molecular weight excluding hydrogens is 498 g/mol. The Labute approximate surface area is 260 Å². The fourth-order valence-corrected chi connectivity index (χ4v) is 3.86. The first-order valence-corrected chi connectivity index (χ1v) is 16.7. The van der Waals surface area contributed by atoms with E-state index in [9.17, 15) is 0 Å². The quantitative estimate of drug-likeness (QED) is 0.162. The predicted molar refractivity (Wildman–Crippen MR) is 193 cm³/mol. The smallest absolute Gasteiger partial charge is 0.116 e. The van der Waals surface area contributed by atoms with Crippen LogP contribution in [0, 0.1) is 12.8 Å². The first-order chi connectivity index (χ1) is 19.8. The first kappa shape index (κ1) is 48.8. The SMILES string of the molecule is C=C(C)CCCCCc1ccc(C)c(CCC)c1.C=CCC.C=CCCC.CC.CC1CCCCC1.CC=O.CN. The molecule has 1 fully saturated rings. The van der Waals surface area contributed by atoms with Gasteiger partial charge in [0.25, 0.3) is 0 Å². The summed E-state index contributed by atoms with van der Waals surface area (Å²) in [5, 5.41) is 0. The summed E-state index contributed by atoms with van der Waals surface area (Å²) in [6.45, 7) is 29.6. The number of rotatable bonds is 11. The van der Waals surface area contributed by atoms with E-state index in [4.69, 9.17) is 4.79 Å². The van der Waals surface area contributed by atoms with Crippen LogP contribution in [0.25, 0.3) is 0 Å². The molecule has 2 N–H and O–H groups in total. The minimum absolute atomic E-state index is 0.750. The van der Waals surface area contributed by atoms with Crippen LogP contribution in [0.4, 0.5) is 0 Å². The van der Waals surface area contributed by atoms with Crippen LogP contribution in [0.2, 0.25) is 0 Å². The molecule has 1 aliphatic carbocycles. The monoisotopic (exact) mass is 574 g/mol. The standard InChI is InChI=1S/C18H28.C7H14.C5H10.C4H8.C2H4O.C2H6.CH5N/c1-5-9-18-14-17(13-12-16(18)4)11-8-6-7-10-15(2)3;1-7-5-3-2-4-6-7;1-3-5-4-2;1-3-4-2;1-2-3;2*1-2/h12-14H,2,5-11H2,1,3-4H3;7H,2-6H2,1H3;3H,1,4-5H2,2H3;3H,1,4H2,2H3;2H,1H3;1-2H3;2H2,1H3. The largest absolute Gasteiger partial charge is 0.333 e.